The van der Waals surface area contributed by atoms with Crippen molar-refractivity contribution in [3.8, 4) is 45.5 Å². The predicted molar refractivity (Wildman–Crippen MR) is 219 cm³/mol. The van der Waals surface area contributed by atoms with Crippen LogP contribution in [0.2, 0.25) is 0 Å². The van der Waals surface area contributed by atoms with E-state index in [1.807, 2.05) is 0 Å². The maximum atomic E-state index is 5.13. The number of aromatic nitrogens is 5. The first-order valence-corrected chi connectivity index (χ1v) is 18.0. The molecule has 252 valence electrons. The number of fused-ring (bicyclic) bond motifs is 6. The van der Waals surface area contributed by atoms with Gasteiger partial charge in [-0.25, -0.2) is 4.98 Å². The van der Waals surface area contributed by atoms with Crippen LogP contribution < -0.4 is 0 Å². The van der Waals surface area contributed by atoms with E-state index in [2.05, 4.69) is 188 Å². The minimum Gasteiger partial charge on any atom is -0.309 e. The monoisotopic (exact) mass is 681 g/mol. The molecule has 0 fully saturated rings. The summed E-state index contributed by atoms with van der Waals surface area (Å²) < 4.78 is 4.56. The van der Waals surface area contributed by atoms with Gasteiger partial charge in [0, 0.05) is 38.4 Å². The lowest BCUT2D eigenvalue weighted by Gasteiger charge is -2.11. The van der Waals surface area contributed by atoms with Crippen LogP contribution in [-0.4, -0.2) is 24.1 Å². The maximum absolute atomic E-state index is 5.13. The Balaban J connectivity index is 1.16. The molecule has 3 aromatic heterocycles. The quantitative estimate of drug-likeness (QED) is 0.182. The number of para-hydroxylation sites is 2. The second-order valence-corrected chi connectivity index (χ2v) is 14.0. The van der Waals surface area contributed by atoms with Gasteiger partial charge >= 0.3 is 0 Å². The topological polar surface area (TPSA) is 48.5 Å². The van der Waals surface area contributed by atoms with Crippen molar-refractivity contribution in [3.63, 3.8) is 0 Å². The Hall–Kier alpha value is -6.85. The molecule has 0 aliphatic rings. The van der Waals surface area contributed by atoms with Crippen molar-refractivity contribution < 1.29 is 0 Å². The van der Waals surface area contributed by atoms with Gasteiger partial charge in [-0.3, -0.25) is 4.57 Å². The summed E-state index contributed by atoms with van der Waals surface area (Å²) in [6, 6.07) is 56.3. The Morgan fingerprint density at radius 2 is 0.811 bits per heavy atom. The summed E-state index contributed by atoms with van der Waals surface area (Å²) in [6.07, 6.45) is 0. The van der Waals surface area contributed by atoms with Gasteiger partial charge in [0.2, 0.25) is 5.95 Å². The van der Waals surface area contributed by atoms with E-state index < -0.39 is 0 Å². The first kappa shape index (κ1) is 30.9. The molecule has 5 nitrogen and oxygen atoms in total. The molecule has 10 rings (SSSR count). The lowest BCUT2D eigenvalue weighted by Crippen LogP contribution is -2.06. The number of hydrogen-bond acceptors (Lipinski definition) is 3. The largest absolute Gasteiger partial charge is 0.309 e. The van der Waals surface area contributed by atoms with Crippen LogP contribution in [0.1, 0.15) is 16.7 Å². The Kier molecular flexibility index (Phi) is 7.08. The summed E-state index contributed by atoms with van der Waals surface area (Å²) in [5.41, 5.74) is 13.5. The minimum absolute atomic E-state index is 0.593. The highest BCUT2D eigenvalue weighted by Crippen LogP contribution is 2.38. The molecule has 0 spiro atoms. The fraction of sp³-hybridized carbons (Fsp3) is 0.0625. The van der Waals surface area contributed by atoms with E-state index in [-0.39, 0.29) is 0 Å². The summed E-state index contributed by atoms with van der Waals surface area (Å²) in [4.78, 5) is 15.3. The van der Waals surface area contributed by atoms with Crippen LogP contribution in [0, 0.1) is 20.8 Å². The van der Waals surface area contributed by atoms with E-state index in [4.69, 9.17) is 15.0 Å². The van der Waals surface area contributed by atoms with E-state index in [9.17, 15) is 0 Å². The second kappa shape index (κ2) is 12.1. The molecule has 0 unspecified atom stereocenters. The molecule has 0 saturated heterocycles. The van der Waals surface area contributed by atoms with E-state index in [0.29, 0.717) is 17.6 Å². The van der Waals surface area contributed by atoms with Gasteiger partial charge in [0.05, 0.1) is 22.1 Å². The van der Waals surface area contributed by atoms with Crippen LogP contribution in [-0.2, 0) is 0 Å². The van der Waals surface area contributed by atoms with Crippen LogP contribution in [0.3, 0.4) is 0 Å². The molecular weight excluding hydrogens is 647 g/mol. The van der Waals surface area contributed by atoms with Crippen molar-refractivity contribution in [1.29, 1.82) is 0 Å². The van der Waals surface area contributed by atoms with Crippen LogP contribution in [0.4, 0.5) is 0 Å². The van der Waals surface area contributed by atoms with Crippen molar-refractivity contribution in [2.45, 2.75) is 20.8 Å². The van der Waals surface area contributed by atoms with Crippen molar-refractivity contribution in [2.75, 3.05) is 0 Å². The van der Waals surface area contributed by atoms with E-state index >= 15 is 0 Å². The third-order valence-electron chi connectivity index (χ3n) is 10.4. The first-order chi connectivity index (χ1) is 26.0. The van der Waals surface area contributed by atoms with Crippen molar-refractivity contribution in [2.24, 2.45) is 0 Å². The third-order valence-corrected chi connectivity index (χ3v) is 10.4. The molecule has 7 aromatic carbocycles. The highest BCUT2D eigenvalue weighted by atomic mass is 15.2. The van der Waals surface area contributed by atoms with Crippen LogP contribution in [0.25, 0.3) is 89.2 Å². The normalized spacial score (nSPS) is 11.7. The summed E-state index contributed by atoms with van der Waals surface area (Å²) in [5, 5.41) is 4.77. The number of aryl methyl sites for hydroxylation is 3. The van der Waals surface area contributed by atoms with Gasteiger partial charge in [-0.05, 0) is 86.0 Å². The first-order valence-electron chi connectivity index (χ1n) is 18.0. The van der Waals surface area contributed by atoms with Gasteiger partial charge in [-0.1, -0.05) is 120 Å². The number of rotatable bonds is 5. The molecule has 0 radical (unpaired) electrons. The summed E-state index contributed by atoms with van der Waals surface area (Å²) in [6.45, 7) is 6.33. The number of hydrogen-bond donors (Lipinski definition) is 0. The Morgan fingerprint density at radius 3 is 1.36 bits per heavy atom. The van der Waals surface area contributed by atoms with Crippen LogP contribution in [0.15, 0.2) is 158 Å². The molecule has 5 heteroatoms. The predicted octanol–water partition coefficient (Wildman–Crippen LogP) is 12.0. The molecule has 0 N–H and O–H groups in total. The maximum Gasteiger partial charge on any atom is 0.238 e. The molecule has 0 bridgehead atoms. The number of nitrogens with zero attached hydrogens (tertiary/aromatic N) is 5. The van der Waals surface area contributed by atoms with Crippen molar-refractivity contribution in [3.05, 3.63) is 174 Å². The smallest absolute Gasteiger partial charge is 0.238 e. The van der Waals surface area contributed by atoms with Gasteiger partial charge in [-0.15, -0.1) is 0 Å². The molecule has 0 amide bonds. The summed E-state index contributed by atoms with van der Waals surface area (Å²) in [7, 11) is 0. The van der Waals surface area contributed by atoms with Gasteiger partial charge in [0.25, 0.3) is 0 Å². The molecule has 53 heavy (non-hydrogen) atoms. The molecule has 0 atom stereocenters. The fourth-order valence-corrected chi connectivity index (χ4v) is 7.69. The molecule has 10 aromatic rings. The Morgan fingerprint density at radius 1 is 0.340 bits per heavy atom. The summed E-state index contributed by atoms with van der Waals surface area (Å²) >= 11 is 0. The average Bonchev–Trinajstić information content (AvgIpc) is 3.70. The fourth-order valence-electron chi connectivity index (χ4n) is 7.69. The van der Waals surface area contributed by atoms with E-state index in [0.717, 1.165) is 38.5 Å². The van der Waals surface area contributed by atoms with Crippen LogP contribution >= 0.6 is 0 Å². The van der Waals surface area contributed by atoms with E-state index in [1.165, 1.54) is 49.7 Å². The molecule has 3 heterocycles. The average molecular weight is 682 g/mol. The number of benzene rings is 7. The molecular formula is C48H35N5. The molecule has 0 saturated carbocycles. The van der Waals surface area contributed by atoms with Gasteiger partial charge in [0.1, 0.15) is 0 Å². The Bertz CT molecular complexity index is 2960. The van der Waals surface area contributed by atoms with Gasteiger partial charge < -0.3 is 4.57 Å². The third kappa shape index (κ3) is 5.20. The second-order valence-electron chi connectivity index (χ2n) is 14.0. The lowest BCUT2D eigenvalue weighted by atomic mass is 10.0. The Labute approximate surface area is 307 Å². The standard InChI is InChI=1S/C48H35N5/c1-30-15-19-33(20-16-30)46-49-47(34-21-17-31(2)18-22-34)51-48(50-46)53-43-14-7-5-12-39(43)41-29-36(24-26-45(41)53)35-23-25-44-40(28-35)38-11-4-6-13-42(38)52(44)37-10-8-9-32(3)27-37/h4-29H,1-3H3. The highest BCUT2D eigenvalue weighted by molar-refractivity contribution is 6.12. The zero-order valence-electron chi connectivity index (χ0n) is 29.7. The lowest BCUT2D eigenvalue weighted by molar-refractivity contribution is 0.953. The van der Waals surface area contributed by atoms with Crippen molar-refractivity contribution >= 4 is 43.6 Å². The highest BCUT2D eigenvalue weighted by Gasteiger charge is 2.19. The zero-order chi connectivity index (χ0) is 35.6. The van der Waals surface area contributed by atoms with Crippen LogP contribution in [0.5, 0.6) is 0 Å². The van der Waals surface area contributed by atoms with Gasteiger partial charge in [0.15, 0.2) is 11.6 Å². The zero-order valence-corrected chi connectivity index (χ0v) is 29.7. The molecule has 0 aliphatic heterocycles. The van der Waals surface area contributed by atoms with E-state index in [1.54, 1.807) is 0 Å². The van der Waals surface area contributed by atoms with Crippen molar-refractivity contribution in [1.82, 2.24) is 24.1 Å². The van der Waals surface area contributed by atoms with Gasteiger partial charge in [-0.2, -0.15) is 9.97 Å². The SMILES string of the molecule is Cc1ccc(-c2nc(-c3ccc(C)cc3)nc(-n3c4ccccc4c4cc(-c5ccc6c(c5)c5ccccc5n6-c5cccc(C)c5)ccc43)n2)cc1. The minimum atomic E-state index is 0.593. The summed E-state index contributed by atoms with van der Waals surface area (Å²) in [5.74, 6) is 1.88. The molecule has 0 aliphatic carbocycles.